The number of ether oxygens (including phenoxy) is 1. The van der Waals surface area contributed by atoms with Gasteiger partial charge in [-0.3, -0.25) is 0 Å². The Bertz CT molecular complexity index is 4300. The summed E-state index contributed by atoms with van der Waals surface area (Å²) in [5.41, 5.74) is 11.1. The van der Waals surface area contributed by atoms with E-state index in [2.05, 4.69) is 80.3 Å². The van der Waals surface area contributed by atoms with E-state index in [4.69, 9.17) is 21.8 Å². The van der Waals surface area contributed by atoms with Gasteiger partial charge in [0.1, 0.15) is 17.3 Å². The molecule has 3 aliphatic heterocycles. The summed E-state index contributed by atoms with van der Waals surface area (Å²) in [6, 6.07) is 51.8. The first kappa shape index (κ1) is 34.2. The summed E-state index contributed by atoms with van der Waals surface area (Å²) in [7, 11) is 0. The van der Waals surface area contributed by atoms with E-state index < -0.39 is 66.3 Å². The van der Waals surface area contributed by atoms with Crippen LogP contribution < -0.4 is 26.0 Å². The molecule has 3 nitrogen and oxygen atoms in total. The number of nitrogens with zero attached hydrogens (tertiary/aromatic N) is 2. The van der Waals surface area contributed by atoms with Gasteiger partial charge in [0.25, 0.3) is 0 Å². The van der Waals surface area contributed by atoms with Gasteiger partial charge >= 0.3 is 0 Å². The third-order valence-corrected chi connectivity index (χ3v) is 15.0. The van der Waals surface area contributed by atoms with Crippen LogP contribution in [0.3, 0.4) is 0 Å². The zero-order valence-electron chi connectivity index (χ0n) is 46.8. The van der Waals surface area contributed by atoms with Gasteiger partial charge in [0.2, 0.25) is 6.71 Å². The molecule has 11 aromatic rings. The van der Waals surface area contributed by atoms with Gasteiger partial charge in [-0.15, -0.1) is 0 Å². The van der Waals surface area contributed by atoms with Gasteiger partial charge in [-0.05, 0) is 117 Å². The van der Waals surface area contributed by atoms with Gasteiger partial charge in [-0.2, -0.15) is 0 Å². The smallest absolute Gasteiger partial charge is 0.247 e. The minimum absolute atomic E-state index is 0.00929. The molecule has 0 aliphatic carbocycles. The van der Waals surface area contributed by atoms with E-state index in [0.29, 0.717) is 39.1 Å². The number of rotatable bonds is 4. The zero-order chi connectivity index (χ0) is 54.7. The number of fused-ring (bicyclic) bond motifs is 13. The van der Waals surface area contributed by atoms with Gasteiger partial charge in [-0.25, -0.2) is 4.39 Å². The largest absolute Gasteiger partial charge is 0.457 e. The average Bonchev–Trinajstić information content (AvgIpc) is 2.41. The second-order valence-corrected chi connectivity index (χ2v) is 20.1. The quantitative estimate of drug-likeness (QED) is 0.164. The Morgan fingerprint density at radius 3 is 1.73 bits per heavy atom. The topological polar surface area (TPSA) is 17.4 Å². The van der Waals surface area contributed by atoms with Gasteiger partial charge in [0.15, 0.2) is 0 Å². The summed E-state index contributed by atoms with van der Waals surface area (Å²) in [6.45, 7) is 5.99. The molecule has 0 bridgehead atoms. The lowest BCUT2D eigenvalue weighted by Crippen LogP contribution is -2.65. The van der Waals surface area contributed by atoms with Crippen molar-refractivity contribution in [3.05, 3.63) is 257 Å². The molecule has 0 amide bonds. The molecule has 14 rings (SSSR count). The van der Waals surface area contributed by atoms with E-state index in [9.17, 15) is 5.48 Å². The van der Waals surface area contributed by atoms with Crippen molar-refractivity contribution in [3.8, 4) is 39.4 Å². The van der Waals surface area contributed by atoms with Crippen LogP contribution in [0.4, 0.5) is 21.5 Å². The van der Waals surface area contributed by atoms with E-state index >= 15 is 4.39 Å². The first-order chi connectivity index (χ1) is 38.0. The van der Waals surface area contributed by atoms with Gasteiger partial charge in [-0.1, -0.05) is 183 Å². The fourth-order valence-electron chi connectivity index (χ4n) is 11.8. The summed E-state index contributed by atoms with van der Waals surface area (Å²) in [4.78, 5) is 2.15. The van der Waals surface area contributed by atoms with Crippen LogP contribution in [-0.4, -0.2) is 11.3 Å². The maximum atomic E-state index is 18.1. The number of benzene rings is 10. The maximum absolute atomic E-state index is 18.1. The molecule has 3 aliphatic rings. The van der Waals surface area contributed by atoms with Crippen molar-refractivity contribution in [1.29, 1.82) is 0 Å². The van der Waals surface area contributed by atoms with Crippen molar-refractivity contribution < 1.29 is 20.1 Å². The van der Waals surface area contributed by atoms with Gasteiger partial charge < -0.3 is 14.2 Å². The Morgan fingerprint density at radius 2 is 1.13 bits per heavy atom. The number of hydrogen-bond acceptors (Lipinski definition) is 2. The van der Waals surface area contributed by atoms with E-state index in [1.807, 2.05) is 103 Å². The molecular weight excluding hydrogens is 890 g/mol. The molecule has 4 heterocycles. The summed E-state index contributed by atoms with van der Waals surface area (Å²) in [5.74, 6) is 0.754. The SMILES string of the molecule is [2H]c1c([2H])c([2H])c2c(c1[2H])c1c([2H])c([2H])c([2H])c([2H])c1n2-c1ccc2c(c1)N(c1c(-c3ccccc3)cc(C(C)(C)C)cc1-c1ccccc1)c1cc(F)cc3c1B2c1ccc(Cl)cc1C31c2ccccc2Oc2ccccc21. The fourth-order valence-corrected chi connectivity index (χ4v) is 12.0. The summed E-state index contributed by atoms with van der Waals surface area (Å²) >= 11 is 7.17. The molecule has 338 valence electrons. The predicted molar refractivity (Wildman–Crippen MR) is 293 cm³/mol. The molecular formula is C65H45BClFN2O. The summed E-state index contributed by atoms with van der Waals surface area (Å²) in [6.07, 6.45) is 0. The number of para-hydroxylation sites is 4. The van der Waals surface area contributed by atoms with Crippen LogP contribution in [0.15, 0.2) is 218 Å². The molecule has 71 heavy (non-hydrogen) atoms. The van der Waals surface area contributed by atoms with E-state index in [1.165, 1.54) is 0 Å². The number of aromatic nitrogens is 1. The second kappa shape index (κ2) is 15.4. The first-order valence-electron chi connectivity index (χ1n) is 27.8. The third-order valence-electron chi connectivity index (χ3n) is 14.8. The van der Waals surface area contributed by atoms with Crippen LogP contribution >= 0.6 is 11.6 Å². The Kier molecular flexibility index (Phi) is 7.44. The standard InChI is InChI=1S/C65H45BClFN2O/c1-64(2,3)42-34-48(40-18-6-4-7-19-40)63(49(35-42)41-20-8-5-9-21-41)70-58-39-45(69-56-26-14-10-22-46(56)47-23-11-15-27-57(47)69)31-33-55(58)66-54-32-30-43(67)36-52(54)65(53-37-44(68)38-59(70)62(53)66)50-24-12-16-28-60(50)71-61-29-17-13-25-51(61)65/h4-39H,1-3H3/i10D,11D,14D,15D,22D,23D,26D,27D. The van der Waals surface area contributed by atoms with Crippen LogP contribution in [0.2, 0.25) is 5.02 Å². The predicted octanol–water partition coefficient (Wildman–Crippen LogP) is 15.3. The molecule has 0 saturated heterocycles. The highest BCUT2D eigenvalue weighted by atomic mass is 35.5. The number of hydrogen-bond donors (Lipinski definition) is 0. The van der Waals surface area contributed by atoms with Gasteiger partial charge in [0.05, 0.1) is 33.1 Å². The Morgan fingerprint density at radius 1 is 0.563 bits per heavy atom. The lowest BCUT2D eigenvalue weighted by atomic mass is 9.29. The van der Waals surface area contributed by atoms with E-state index in [0.717, 1.165) is 66.6 Å². The number of anilines is 3. The fraction of sp³-hybridized carbons (Fsp3) is 0.0769. The molecule has 10 aromatic carbocycles. The van der Waals surface area contributed by atoms with E-state index in [-0.39, 0.29) is 27.2 Å². The van der Waals surface area contributed by atoms with Gasteiger partial charge in [0, 0.05) is 55.1 Å². The van der Waals surface area contributed by atoms with Crippen molar-refractivity contribution >= 4 is 73.6 Å². The zero-order valence-corrected chi connectivity index (χ0v) is 39.6. The summed E-state index contributed by atoms with van der Waals surface area (Å²) < 4.78 is 99.4. The lowest BCUT2D eigenvalue weighted by Gasteiger charge is -2.50. The van der Waals surface area contributed by atoms with Crippen LogP contribution in [0, 0.1) is 5.82 Å². The molecule has 0 atom stereocenters. The van der Waals surface area contributed by atoms with Crippen LogP contribution in [0.5, 0.6) is 11.5 Å². The van der Waals surface area contributed by atoms with Crippen LogP contribution in [0.25, 0.3) is 49.7 Å². The maximum Gasteiger partial charge on any atom is 0.247 e. The first-order valence-corrected chi connectivity index (χ1v) is 24.1. The lowest BCUT2D eigenvalue weighted by molar-refractivity contribution is 0.434. The van der Waals surface area contributed by atoms with E-state index in [1.54, 1.807) is 16.7 Å². The Labute approximate surface area is 429 Å². The number of halogens is 2. The molecule has 0 radical (unpaired) electrons. The van der Waals surface area contributed by atoms with Crippen LogP contribution in [-0.2, 0) is 10.8 Å². The van der Waals surface area contributed by atoms with Crippen molar-refractivity contribution in [2.75, 3.05) is 4.90 Å². The molecule has 0 saturated carbocycles. The minimum atomic E-state index is -1.16. The average molecular weight is 943 g/mol. The van der Waals surface area contributed by atoms with Crippen LogP contribution in [0.1, 0.15) is 59.6 Å². The van der Waals surface area contributed by atoms with Crippen molar-refractivity contribution in [1.82, 2.24) is 4.57 Å². The molecule has 0 unspecified atom stereocenters. The third kappa shape index (κ3) is 6.03. The highest BCUT2D eigenvalue weighted by Gasteiger charge is 2.55. The molecule has 0 fully saturated rings. The van der Waals surface area contributed by atoms with Crippen molar-refractivity contribution in [2.45, 2.75) is 31.6 Å². The van der Waals surface area contributed by atoms with Crippen molar-refractivity contribution in [2.24, 2.45) is 0 Å². The molecule has 6 heteroatoms. The molecule has 1 aromatic heterocycles. The Balaban J connectivity index is 1.20. The molecule has 0 N–H and O–H groups in total. The highest BCUT2D eigenvalue weighted by molar-refractivity contribution is 6.99. The summed E-state index contributed by atoms with van der Waals surface area (Å²) in [5, 5.41) is 0.429. The second-order valence-electron chi connectivity index (χ2n) is 19.7. The Hall–Kier alpha value is -8.12. The highest BCUT2D eigenvalue weighted by Crippen LogP contribution is 2.58. The molecule has 1 spiro atoms. The van der Waals surface area contributed by atoms with Crippen molar-refractivity contribution in [3.63, 3.8) is 0 Å². The normalized spacial score (nSPS) is 15.5. The minimum Gasteiger partial charge on any atom is -0.457 e. The monoisotopic (exact) mass is 942 g/mol.